The highest BCUT2D eigenvalue weighted by Gasteiger charge is 2.41. The van der Waals surface area contributed by atoms with E-state index in [0.29, 0.717) is 11.5 Å². The number of ketones is 1. The molecular weight excluding hydrogens is 414 g/mol. The van der Waals surface area contributed by atoms with Gasteiger partial charge in [-0.1, -0.05) is 51.1 Å². The van der Waals surface area contributed by atoms with E-state index in [4.69, 9.17) is 19.4 Å². The Kier molecular flexibility index (Phi) is 6.04. The third-order valence-electron chi connectivity index (χ3n) is 6.77. The third kappa shape index (κ3) is 4.14. The van der Waals surface area contributed by atoms with Gasteiger partial charge in [0.2, 0.25) is 0 Å². The van der Waals surface area contributed by atoms with E-state index < -0.39 is 5.41 Å². The fourth-order valence-electron chi connectivity index (χ4n) is 4.72. The Labute approximate surface area is 195 Å². The van der Waals surface area contributed by atoms with Crippen LogP contribution >= 0.6 is 0 Å². The highest BCUT2D eigenvalue weighted by molar-refractivity contribution is 5.93. The molecule has 0 amide bonds. The minimum atomic E-state index is -0.450. The Hall–Kier alpha value is -3.15. The number of hydrogen-bond donors (Lipinski definition) is 0. The predicted molar refractivity (Wildman–Crippen MR) is 132 cm³/mol. The highest BCUT2D eigenvalue weighted by atomic mass is 16.5. The molecule has 2 aromatic carbocycles. The number of fused-ring (bicyclic) bond motifs is 1. The summed E-state index contributed by atoms with van der Waals surface area (Å²) in [6.45, 7) is 9.54. The van der Waals surface area contributed by atoms with Crippen molar-refractivity contribution in [3.8, 4) is 11.5 Å². The van der Waals surface area contributed by atoms with Crippen LogP contribution in [0.5, 0.6) is 11.5 Å². The van der Waals surface area contributed by atoms with Crippen molar-refractivity contribution >= 4 is 22.5 Å². The van der Waals surface area contributed by atoms with Crippen molar-refractivity contribution in [2.75, 3.05) is 32.2 Å². The molecule has 1 fully saturated rings. The lowest BCUT2D eigenvalue weighted by Crippen LogP contribution is -2.47. The van der Waals surface area contributed by atoms with E-state index in [0.717, 1.165) is 54.0 Å². The van der Waals surface area contributed by atoms with Crippen LogP contribution in [-0.2, 0) is 15.6 Å². The standard InChI is InChI=1S/C27H33N3O3/c1-18(31)27(19-10-8-7-9-11-19)12-14-30(15-13-27)24-20-16-22(32-5)23(33-6)17-21(20)28-25(29-24)26(2,3)4/h7-11,16-17H,12-15H2,1-6H3. The highest BCUT2D eigenvalue weighted by Crippen LogP contribution is 2.41. The van der Waals surface area contributed by atoms with Crippen molar-refractivity contribution in [1.82, 2.24) is 9.97 Å². The lowest BCUT2D eigenvalue weighted by Gasteiger charge is -2.41. The zero-order valence-electron chi connectivity index (χ0n) is 20.4. The molecule has 0 radical (unpaired) electrons. The van der Waals surface area contributed by atoms with Gasteiger partial charge in [-0.25, -0.2) is 9.97 Å². The average molecular weight is 448 g/mol. The smallest absolute Gasteiger partial charge is 0.162 e. The van der Waals surface area contributed by atoms with Crippen LogP contribution in [0.2, 0.25) is 0 Å². The van der Waals surface area contributed by atoms with Crippen molar-refractivity contribution in [3.63, 3.8) is 0 Å². The molecule has 0 bridgehead atoms. The molecule has 3 aromatic rings. The van der Waals surface area contributed by atoms with Crippen LogP contribution in [0.15, 0.2) is 42.5 Å². The molecular formula is C27H33N3O3. The number of Topliss-reactive ketones (excluding diaryl/α,β-unsaturated/α-hetero) is 1. The van der Waals surface area contributed by atoms with E-state index in [1.54, 1.807) is 21.1 Å². The molecule has 4 rings (SSSR count). The van der Waals surface area contributed by atoms with Crippen molar-refractivity contribution in [2.24, 2.45) is 0 Å². The summed E-state index contributed by atoms with van der Waals surface area (Å²) in [5, 5.41) is 0.927. The van der Waals surface area contributed by atoms with E-state index in [1.165, 1.54) is 0 Å². The number of piperidine rings is 1. The van der Waals surface area contributed by atoms with Gasteiger partial charge in [-0.2, -0.15) is 0 Å². The van der Waals surface area contributed by atoms with Crippen LogP contribution in [0.25, 0.3) is 10.9 Å². The van der Waals surface area contributed by atoms with Gasteiger partial charge < -0.3 is 14.4 Å². The molecule has 174 valence electrons. The molecule has 1 aliphatic heterocycles. The quantitative estimate of drug-likeness (QED) is 0.544. The van der Waals surface area contributed by atoms with Crippen LogP contribution in [0.3, 0.4) is 0 Å². The number of carbonyl (C=O) groups excluding carboxylic acids is 1. The number of carbonyl (C=O) groups is 1. The van der Waals surface area contributed by atoms with E-state index in [1.807, 2.05) is 30.3 Å². The van der Waals surface area contributed by atoms with Gasteiger partial charge in [0.15, 0.2) is 11.5 Å². The largest absolute Gasteiger partial charge is 0.493 e. The molecule has 6 nitrogen and oxygen atoms in total. The molecule has 1 aromatic heterocycles. The first-order valence-electron chi connectivity index (χ1n) is 11.5. The summed E-state index contributed by atoms with van der Waals surface area (Å²) in [5.41, 5.74) is 1.27. The van der Waals surface area contributed by atoms with E-state index in [2.05, 4.69) is 37.8 Å². The fourth-order valence-corrected chi connectivity index (χ4v) is 4.72. The van der Waals surface area contributed by atoms with Gasteiger partial charge >= 0.3 is 0 Å². The molecule has 0 saturated carbocycles. The number of ether oxygens (including phenoxy) is 2. The molecule has 0 aliphatic carbocycles. The first kappa shape index (κ1) is 23.0. The number of hydrogen-bond acceptors (Lipinski definition) is 6. The molecule has 1 aliphatic rings. The molecule has 6 heteroatoms. The maximum absolute atomic E-state index is 12.8. The predicted octanol–water partition coefficient (Wildman–Crippen LogP) is 5.07. The molecule has 0 N–H and O–H groups in total. The first-order valence-corrected chi connectivity index (χ1v) is 11.5. The van der Waals surface area contributed by atoms with Crippen molar-refractivity contribution in [2.45, 2.75) is 51.4 Å². The normalized spacial score (nSPS) is 16.0. The first-order chi connectivity index (χ1) is 15.7. The summed E-state index contributed by atoms with van der Waals surface area (Å²) in [5.74, 6) is 3.19. The van der Waals surface area contributed by atoms with Crippen LogP contribution in [0.1, 0.15) is 51.9 Å². The number of benzene rings is 2. The second kappa shape index (κ2) is 8.65. The maximum Gasteiger partial charge on any atom is 0.162 e. The average Bonchev–Trinajstić information content (AvgIpc) is 2.82. The minimum Gasteiger partial charge on any atom is -0.493 e. The number of anilines is 1. The van der Waals surface area contributed by atoms with Gasteiger partial charge in [0.05, 0.1) is 25.2 Å². The van der Waals surface area contributed by atoms with Crippen LogP contribution in [0.4, 0.5) is 5.82 Å². The van der Waals surface area contributed by atoms with Crippen LogP contribution in [-0.4, -0.2) is 43.1 Å². The molecule has 0 unspecified atom stereocenters. The topological polar surface area (TPSA) is 64.6 Å². The van der Waals surface area contributed by atoms with Crippen molar-refractivity contribution in [1.29, 1.82) is 0 Å². The van der Waals surface area contributed by atoms with Gasteiger partial charge in [-0.3, -0.25) is 4.79 Å². The van der Waals surface area contributed by atoms with Gasteiger partial charge in [0, 0.05) is 30.0 Å². The molecule has 1 saturated heterocycles. The van der Waals surface area contributed by atoms with Gasteiger partial charge in [0.1, 0.15) is 17.4 Å². The Morgan fingerprint density at radius 2 is 1.58 bits per heavy atom. The second-order valence-corrected chi connectivity index (χ2v) is 9.84. The summed E-state index contributed by atoms with van der Waals surface area (Å²) in [6, 6.07) is 14.1. The van der Waals surface area contributed by atoms with E-state index in [-0.39, 0.29) is 11.2 Å². The summed E-state index contributed by atoms with van der Waals surface area (Å²) < 4.78 is 11.1. The Balaban J connectivity index is 1.79. The molecule has 33 heavy (non-hydrogen) atoms. The Morgan fingerprint density at radius 1 is 0.970 bits per heavy atom. The number of rotatable bonds is 5. The Bertz CT molecular complexity index is 1160. The van der Waals surface area contributed by atoms with E-state index >= 15 is 0 Å². The third-order valence-corrected chi connectivity index (χ3v) is 6.77. The lowest BCUT2D eigenvalue weighted by molar-refractivity contribution is -0.123. The van der Waals surface area contributed by atoms with Gasteiger partial charge in [-0.05, 0) is 31.4 Å². The molecule has 2 heterocycles. The minimum absolute atomic E-state index is 0.209. The lowest BCUT2D eigenvalue weighted by atomic mass is 9.70. The summed E-state index contributed by atoms with van der Waals surface area (Å²) >= 11 is 0. The van der Waals surface area contributed by atoms with Crippen molar-refractivity contribution in [3.05, 3.63) is 53.9 Å². The monoisotopic (exact) mass is 447 g/mol. The van der Waals surface area contributed by atoms with Crippen LogP contribution < -0.4 is 14.4 Å². The fraction of sp³-hybridized carbons (Fsp3) is 0.444. The van der Waals surface area contributed by atoms with Crippen LogP contribution in [0, 0.1) is 0 Å². The number of aromatic nitrogens is 2. The van der Waals surface area contributed by atoms with Crippen molar-refractivity contribution < 1.29 is 14.3 Å². The van der Waals surface area contributed by atoms with E-state index in [9.17, 15) is 4.79 Å². The maximum atomic E-state index is 12.8. The molecule has 0 atom stereocenters. The number of methoxy groups -OCH3 is 2. The summed E-state index contributed by atoms with van der Waals surface area (Å²) in [4.78, 5) is 25.0. The Morgan fingerprint density at radius 3 is 2.12 bits per heavy atom. The summed E-state index contributed by atoms with van der Waals surface area (Å²) in [7, 11) is 3.27. The zero-order chi connectivity index (χ0) is 23.8. The zero-order valence-corrected chi connectivity index (χ0v) is 20.4. The number of nitrogens with zero attached hydrogens (tertiary/aromatic N) is 3. The summed E-state index contributed by atoms with van der Waals surface area (Å²) in [6.07, 6.45) is 1.49. The second-order valence-electron chi connectivity index (χ2n) is 9.84. The van der Waals surface area contributed by atoms with Gasteiger partial charge in [-0.15, -0.1) is 0 Å². The van der Waals surface area contributed by atoms with Gasteiger partial charge in [0.25, 0.3) is 0 Å². The molecule has 0 spiro atoms. The SMILES string of the molecule is COc1cc2nc(C(C)(C)C)nc(N3CCC(C(C)=O)(c4ccccc4)CC3)c2cc1OC.